The van der Waals surface area contributed by atoms with Crippen LogP contribution in [0.2, 0.25) is 0 Å². The van der Waals surface area contributed by atoms with Crippen LogP contribution in [-0.4, -0.2) is 83.8 Å². The van der Waals surface area contributed by atoms with Crippen LogP contribution in [0.1, 0.15) is 37.0 Å². The van der Waals surface area contributed by atoms with Crippen LogP contribution in [0, 0.1) is 17.7 Å². The first-order valence-electron chi connectivity index (χ1n) is 12.5. The predicted molar refractivity (Wildman–Crippen MR) is 132 cm³/mol. The fourth-order valence-electron chi connectivity index (χ4n) is 4.76. The standard InChI is InChI=1S/C27H34FN3O5/c1-17-14-31(18(2)16-32)27(34)23-12-21(20-5-4-6-22(28)11-20)13-29-25(23)36-24(17)15-30(3)26(33)19-7-9-35-10-8-19/h4-6,11-13,17-19,24,32H,7-10,14-16H2,1-3H3/t17-,18+,24+/m1/s1. The lowest BCUT2D eigenvalue weighted by molar-refractivity contribution is -0.138. The van der Waals surface area contributed by atoms with Crippen molar-refractivity contribution in [3.63, 3.8) is 0 Å². The summed E-state index contributed by atoms with van der Waals surface area (Å²) in [6, 6.07) is 7.31. The Morgan fingerprint density at radius 3 is 2.72 bits per heavy atom. The zero-order chi connectivity index (χ0) is 25.8. The highest BCUT2D eigenvalue weighted by atomic mass is 19.1. The molecule has 3 heterocycles. The molecule has 1 saturated heterocycles. The number of hydrogen-bond acceptors (Lipinski definition) is 6. The molecule has 1 fully saturated rings. The molecule has 0 bridgehead atoms. The van der Waals surface area contributed by atoms with E-state index in [4.69, 9.17) is 9.47 Å². The van der Waals surface area contributed by atoms with E-state index >= 15 is 0 Å². The topological polar surface area (TPSA) is 92.2 Å². The number of amides is 2. The second kappa shape index (κ2) is 11.3. The first-order chi connectivity index (χ1) is 17.3. The van der Waals surface area contributed by atoms with Crippen molar-refractivity contribution >= 4 is 11.8 Å². The number of fused-ring (bicyclic) bond motifs is 1. The van der Waals surface area contributed by atoms with Crippen molar-refractivity contribution < 1.29 is 28.6 Å². The second-order valence-corrected chi connectivity index (χ2v) is 9.82. The molecule has 0 aliphatic carbocycles. The maximum atomic E-state index is 13.8. The van der Waals surface area contributed by atoms with Gasteiger partial charge in [-0.25, -0.2) is 9.37 Å². The molecule has 3 atom stereocenters. The molecule has 0 radical (unpaired) electrons. The molecule has 2 aromatic rings. The number of ether oxygens (including phenoxy) is 2. The number of carbonyl (C=O) groups is 2. The molecular formula is C27H34FN3O5. The zero-order valence-corrected chi connectivity index (χ0v) is 21.0. The van der Waals surface area contributed by atoms with E-state index in [1.807, 2.05) is 6.92 Å². The molecule has 0 unspecified atom stereocenters. The van der Waals surface area contributed by atoms with E-state index in [2.05, 4.69) is 4.98 Å². The van der Waals surface area contributed by atoms with Crippen LogP contribution in [0.4, 0.5) is 4.39 Å². The van der Waals surface area contributed by atoms with Gasteiger partial charge in [-0.05, 0) is 43.5 Å². The van der Waals surface area contributed by atoms with Crippen LogP contribution >= 0.6 is 0 Å². The number of likely N-dealkylation sites (N-methyl/N-ethyl adjacent to an activating group) is 1. The van der Waals surface area contributed by atoms with Gasteiger partial charge in [0.25, 0.3) is 5.91 Å². The SMILES string of the molecule is C[C@@H]1CN([C@@H](C)CO)C(=O)c2cc(-c3cccc(F)c3)cnc2O[C@H]1CN(C)C(=O)C1CCOCC1. The summed E-state index contributed by atoms with van der Waals surface area (Å²) >= 11 is 0. The number of aliphatic hydroxyl groups excluding tert-OH is 1. The molecule has 0 spiro atoms. The number of aliphatic hydroxyl groups is 1. The first kappa shape index (κ1) is 26.0. The number of pyridine rings is 1. The highest BCUT2D eigenvalue weighted by Crippen LogP contribution is 2.31. The van der Waals surface area contributed by atoms with E-state index in [-0.39, 0.29) is 47.5 Å². The number of benzene rings is 1. The fourth-order valence-corrected chi connectivity index (χ4v) is 4.76. The van der Waals surface area contributed by atoms with E-state index in [1.165, 1.54) is 12.1 Å². The van der Waals surface area contributed by atoms with Gasteiger partial charge in [0.2, 0.25) is 11.8 Å². The average Bonchev–Trinajstić information content (AvgIpc) is 2.90. The predicted octanol–water partition coefficient (Wildman–Crippen LogP) is 2.99. The Bertz CT molecular complexity index is 1090. The summed E-state index contributed by atoms with van der Waals surface area (Å²) in [5.74, 6) is -0.677. The van der Waals surface area contributed by atoms with Crippen molar-refractivity contribution in [2.75, 3.05) is 40.0 Å². The minimum atomic E-state index is -0.425. The van der Waals surface area contributed by atoms with Gasteiger partial charge in [0.05, 0.1) is 19.2 Å². The minimum absolute atomic E-state index is 0.0578. The van der Waals surface area contributed by atoms with Crippen LogP contribution in [0.3, 0.4) is 0 Å². The minimum Gasteiger partial charge on any atom is -0.472 e. The molecule has 2 aliphatic heterocycles. The highest BCUT2D eigenvalue weighted by molar-refractivity contribution is 5.98. The summed E-state index contributed by atoms with van der Waals surface area (Å²) in [5, 5.41) is 9.85. The molecule has 0 saturated carbocycles. The van der Waals surface area contributed by atoms with E-state index in [1.54, 1.807) is 48.2 Å². The van der Waals surface area contributed by atoms with Crippen LogP contribution in [0.15, 0.2) is 36.5 Å². The Labute approximate surface area is 211 Å². The molecule has 1 aromatic carbocycles. The van der Waals surface area contributed by atoms with Crippen molar-refractivity contribution in [3.05, 3.63) is 47.9 Å². The molecule has 9 heteroatoms. The molecule has 2 aliphatic rings. The molecule has 36 heavy (non-hydrogen) atoms. The summed E-state index contributed by atoms with van der Waals surface area (Å²) in [4.78, 5) is 34.4. The lowest BCUT2D eigenvalue weighted by atomic mass is 9.97. The molecule has 4 rings (SSSR count). The maximum absolute atomic E-state index is 13.8. The van der Waals surface area contributed by atoms with Crippen LogP contribution in [0.5, 0.6) is 5.88 Å². The van der Waals surface area contributed by atoms with Gasteiger partial charge < -0.3 is 24.4 Å². The zero-order valence-electron chi connectivity index (χ0n) is 21.0. The molecule has 1 N–H and O–H groups in total. The van der Waals surface area contributed by atoms with Gasteiger partial charge in [-0.2, -0.15) is 0 Å². The largest absolute Gasteiger partial charge is 0.472 e. The number of halogens is 1. The van der Waals surface area contributed by atoms with Crippen molar-refractivity contribution in [1.82, 2.24) is 14.8 Å². The van der Waals surface area contributed by atoms with Crippen molar-refractivity contribution in [3.8, 4) is 17.0 Å². The summed E-state index contributed by atoms with van der Waals surface area (Å²) in [5.41, 5.74) is 1.42. The third kappa shape index (κ3) is 5.68. The number of nitrogens with zero attached hydrogens (tertiary/aromatic N) is 3. The first-order valence-corrected chi connectivity index (χ1v) is 12.5. The van der Waals surface area contributed by atoms with E-state index in [0.717, 1.165) is 0 Å². The van der Waals surface area contributed by atoms with Gasteiger partial charge in [0.15, 0.2) is 0 Å². The van der Waals surface area contributed by atoms with E-state index in [0.29, 0.717) is 50.3 Å². The molecule has 194 valence electrons. The third-order valence-electron chi connectivity index (χ3n) is 7.08. The molecule has 8 nitrogen and oxygen atoms in total. The van der Waals surface area contributed by atoms with Gasteiger partial charge in [0.1, 0.15) is 17.5 Å². The fraction of sp³-hybridized carbons (Fsp3) is 0.519. The van der Waals surface area contributed by atoms with Gasteiger partial charge in [-0.1, -0.05) is 19.1 Å². The second-order valence-electron chi connectivity index (χ2n) is 9.82. The monoisotopic (exact) mass is 499 g/mol. The number of carbonyl (C=O) groups excluding carboxylic acids is 2. The van der Waals surface area contributed by atoms with E-state index in [9.17, 15) is 19.1 Å². The normalized spacial score (nSPS) is 21.7. The molecule has 1 aromatic heterocycles. The number of rotatable bonds is 6. The smallest absolute Gasteiger partial charge is 0.259 e. The summed E-state index contributed by atoms with van der Waals surface area (Å²) in [6.45, 7) is 5.40. The molecular weight excluding hydrogens is 465 g/mol. The lowest BCUT2D eigenvalue weighted by Crippen LogP contribution is -2.51. The number of hydrogen-bond donors (Lipinski definition) is 1. The van der Waals surface area contributed by atoms with Gasteiger partial charge in [-0.3, -0.25) is 9.59 Å². The summed E-state index contributed by atoms with van der Waals surface area (Å²) in [7, 11) is 1.77. The lowest BCUT2D eigenvalue weighted by Gasteiger charge is -2.38. The molecule has 2 amide bonds. The van der Waals surface area contributed by atoms with Crippen LogP contribution in [0.25, 0.3) is 11.1 Å². The van der Waals surface area contributed by atoms with E-state index < -0.39 is 12.1 Å². The maximum Gasteiger partial charge on any atom is 0.259 e. The average molecular weight is 500 g/mol. The summed E-state index contributed by atoms with van der Waals surface area (Å²) in [6.07, 6.45) is 2.54. The van der Waals surface area contributed by atoms with Gasteiger partial charge in [0, 0.05) is 50.4 Å². The Balaban J connectivity index is 1.65. The number of aromatic nitrogens is 1. The van der Waals surface area contributed by atoms with Gasteiger partial charge >= 0.3 is 0 Å². The third-order valence-corrected chi connectivity index (χ3v) is 7.08. The quantitative estimate of drug-likeness (QED) is 0.657. The Kier molecular flexibility index (Phi) is 8.21. The van der Waals surface area contributed by atoms with Crippen LogP contribution < -0.4 is 4.74 Å². The van der Waals surface area contributed by atoms with Crippen molar-refractivity contribution in [2.45, 2.75) is 38.8 Å². The van der Waals surface area contributed by atoms with Crippen molar-refractivity contribution in [1.29, 1.82) is 0 Å². The van der Waals surface area contributed by atoms with Crippen molar-refractivity contribution in [2.24, 2.45) is 11.8 Å². The highest BCUT2D eigenvalue weighted by Gasteiger charge is 2.35. The Morgan fingerprint density at radius 1 is 1.28 bits per heavy atom. The Morgan fingerprint density at radius 2 is 2.03 bits per heavy atom. The van der Waals surface area contributed by atoms with Crippen LogP contribution in [-0.2, 0) is 9.53 Å². The Hall–Kier alpha value is -3.04. The summed E-state index contributed by atoms with van der Waals surface area (Å²) < 4.78 is 25.5. The van der Waals surface area contributed by atoms with Gasteiger partial charge in [-0.15, -0.1) is 0 Å².